The zero-order valence-electron chi connectivity index (χ0n) is 8.55. The maximum absolute atomic E-state index is 5.99. The first kappa shape index (κ1) is 12.5. The predicted octanol–water partition coefficient (Wildman–Crippen LogP) is 4.48. The number of rotatable bonds is 2. The molecule has 1 aromatic heterocycles. The molecule has 0 unspecified atom stereocenters. The Morgan fingerprint density at radius 2 is 2.06 bits per heavy atom. The molecule has 0 aliphatic rings. The van der Waals surface area contributed by atoms with Crippen molar-refractivity contribution in [2.75, 3.05) is 11.1 Å². The van der Waals surface area contributed by atoms with Gasteiger partial charge in [-0.05, 0) is 34.1 Å². The molecule has 1 aromatic carbocycles. The third-order valence-corrected chi connectivity index (χ3v) is 3.69. The van der Waals surface area contributed by atoms with Gasteiger partial charge < -0.3 is 11.1 Å². The molecule has 3 N–H and O–H groups in total. The van der Waals surface area contributed by atoms with Crippen LogP contribution in [0.4, 0.5) is 17.2 Å². The molecular formula is C11H8BrCl2N3. The smallest absolute Gasteiger partial charge is 0.153 e. The summed E-state index contributed by atoms with van der Waals surface area (Å²) in [6.07, 6.45) is 1.53. The molecule has 0 aliphatic heterocycles. The van der Waals surface area contributed by atoms with Gasteiger partial charge in [-0.2, -0.15) is 0 Å². The molecule has 2 rings (SSSR count). The molecule has 88 valence electrons. The average Bonchev–Trinajstić information content (AvgIpc) is 2.28. The number of hydrogen-bond donors (Lipinski definition) is 2. The summed E-state index contributed by atoms with van der Waals surface area (Å²) in [5, 5.41) is 4.19. The van der Waals surface area contributed by atoms with Crippen LogP contribution in [0.1, 0.15) is 0 Å². The molecular weight excluding hydrogens is 325 g/mol. The van der Waals surface area contributed by atoms with Crippen molar-refractivity contribution < 1.29 is 0 Å². The van der Waals surface area contributed by atoms with E-state index in [4.69, 9.17) is 28.9 Å². The fraction of sp³-hybridized carbons (Fsp3) is 0. The fourth-order valence-electron chi connectivity index (χ4n) is 1.29. The van der Waals surface area contributed by atoms with Crippen LogP contribution in [0.15, 0.2) is 34.9 Å². The Morgan fingerprint density at radius 1 is 1.29 bits per heavy atom. The highest BCUT2D eigenvalue weighted by molar-refractivity contribution is 9.10. The largest absolute Gasteiger partial charge is 0.396 e. The number of hydrogen-bond acceptors (Lipinski definition) is 3. The highest BCUT2D eigenvalue weighted by Gasteiger charge is 2.07. The van der Waals surface area contributed by atoms with Crippen LogP contribution in [0, 0.1) is 0 Å². The molecule has 0 aliphatic carbocycles. The first-order chi connectivity index (χ1) is 8.08. The van der Waals surface area contributed by atoms with E-state index >= 15 is 0 Å². The van der Waals surface area contributed by atoms with Crippen molar-refractivity contribution in [2.45, 2.75) is 0 Å². The minimum Gasteiger partial charge on any atom is -0.396 e. The molecule has 2 aromatic rings. The topological polar surface area (TPSA) is 50.9 Å². The Labute approximate surface area is 117 Å². The summed E-state index contributed by atoms with van der Waals surface area (Å²) in [7, 11) is 0. The van der Waals surface area contributed by atoms with E-state index in [-0.39, 0.29) is 0 Å². The summed E-state index contributed by atoms with van der Waals surface area (Å²) in [6, 6.07) is 7.12. The van der Waals surface area contributed by atoms with Gasteiger partial charge in [-0.15, -0.1) is 0 Å². The van der Waals surface area contributed by atoms with Crippen LogP contribution in [0.3, 0.4) is 0 Å². The minimum absolute atomic E-state index is 0.476. The lowest BCUT2D eigenvalue weighted by Crippen LogP contribution is -1.99. The molecule has 0 radical (unpaired) electrons. The lowest BCUT2D eigenvalue weighted by molar-refractivity contribution is 1.31. The van der Waals surface area contributed by atoms with Gasteiger partial charge in [-0.1, -0.05) is 29.3 Å². The van der Waals surface area contributed by atoms with Gasteiger partial charge in [0, 0.05) is 6.20 Å². The average molecular weight is 333 g/mol. The van der Waals surface area contributed by atoms with Crippen LogP contribution < -0.4 is 11.1 Å². The molecule has 0 amide bonds. The van der Waals surface area contributed by atoms with Crippen LogP contribution in [-0.2, 0) is 0 Å². The molecule has 0 saturated heterocycles. The maximum atomic E-state index is 5.99. The van der Waals surface area contributed by atoms with Gasteiger partial charge in [-0.3, -0.25) is 0 Å². The first-order valence-corrected chi connectivity index (χ1v) is 6.25. The Balaban J connectivity index is 2.35. The Morgan fingerprint density at radius 3 is 2.76 bits per heavy atom. The lowest BCUT2D eigenvalue weighted by atomic mass is 10.3. The van der Waals surface area contributed by atoms with Crippen LogP contribution in [0.25, 0.3) is 0 Å². The van der Waals surface area contributed by atoms with Gasteiger partial charge in [0.1, 0.15) is 0 Å². The van der Waals surface area contributed by atoms with E-state index in [9.17, 15) is 0 Å². The van der Waals surface area contributed by atoms with E-state index in [2.05, 4.69) is 26.2 Å². The summed E-state index contributed by atoms with van der Waals surface area (Å²) < 4.78 is 0.762. The molecule has 1 heterocycles. The van der Waals surface area contributed by atoms with E-state index in [0.29, 0.717) is 21.6 Å². The number of pyridine rings is 1. The van der Waals surface area contributed by atoms with Crippen molar-refractivity contribution in [3.05, 3.63) is 45.0 Å². The van der Waals surface area contributed by atoms with Crippen molar-refractivity contribution in [3.8, 4) is 0 Å². The summed E-state index contributed by atoms with van der Waals surface area (Å²) in [6.45, 7) is 0. The number of anilines is 3. The van der Waals surface area contributed by atoms with Gasteiger partial charge in [0.2, 0.25) is 0 Å². The molecule has 0 bridgehead atoms. The number of nitrogens with one attached hydrogen (secondary N) is 1. The van der Waals surface area contributed by atoms with Gasteiger partial charge in [0.05, 0.1) is 25.9 Å². The molecule has 6 heteroatoms. The number of nitrogen functional groups attached to an aromatic ring is 1. The standard InChI is InChI=1S/C11H8BrCl2N3/c12-10-7(14)2-1-3-9(10)17-11-8(15)4-6(13)5-16-11/h1-5H,15H2,(H,16,17). The number of nitrogens with zero attached hydrogens (tertiary/aromatic N) is 1. The number of nitrogens with two attached hydrogens (primary N) is 1. The summed E-state index contributed by atoms with van der Waals surface area (Å²) >= 11 is 15.1. The fourth-order valence-corrected chi connectivity index (χ4v) is 1.99. The van der Waals surface area contributed by atoms with E-state index in [1.54, 1.807) is 12.1 Å². The number of halogens is 3. The zero-order valence-corrected chi connectivity index (χ0v) is 11.6. The highest BCUT2D eigenvalue weighted by Crippen LogP contribution is 2.33. The van der Waals surface area contributed by atoms with Crippen molar-refractivity contribution in [2.24, 2.45) is 0 Å². The van der Waals surface area contributed by atoms with Gasteiger partial charge in [0.15, 0.2) is 5.82 Å². The van der Waals surface area contributed by atoms with E-state index in [1.165, 1.54) is 6.20 Å². The molecule has 0 spiro atoms. The minimum atomic E-state index is 0.476. The van der Waals surface area contributed by atoms with Crippen LogP contribution in [-0.4, -0.2) is 4.98 Å². The Kier molecular flexibility index (Phi) is 3.76. The Hall–Kier alpha value is -0.970. The molecule has 0 saturated carbocycles. The second-order valence-corrected chi connectivity index (χ2v) is 4.95. The third kappa shape index (κ3) is 2.83. The SMILES string of the molecule is Nc1cc(Cl)cnc1Nc1cccc(Cl)c1Br. The predicted molar refractivity (Wildman–Crippen MR) is 76.1 cm³/mol. The van der Waals surface area contributed by atoms with E-state index < -0.39 is 0 Å². The zero-order chi connectivity index (χ0) is 12.4. The summed E-state index contributed by atoms with van der Waals surface area (Å²) in [5.74, 6) is 0.539. The van der Waals surface area contributed by atoms with Crippen molar-refractivity contribution in [1.82, 2.24) is 4.98 Å². The molecule has 0 atom stereocenters. The van der Waals surface area contributed by atoms with Crippen molar-refractivity contribution in [3.63, 3.8) is 0 Å². The first-order valence-electron chi connectivity index (χ1n) is 4.70. The molecule has 17 heavy (non-hydrogen) atoms. The van der Waals surface area contributed by atoms with Gasteiger partial charge in [0.25, 0.3) is 0 Å². The van der Waals surface area contributed by atoms with E-state index in [0.717, 1.165) is 10.2 Å². The number of benzene rings is 1. The monoisotopic (exact) mass is 331 g/mol. The van der Waals surface area contributed by atoms with Crippen molar-refractivity contribution >= 4 is 56.3 Å². The Bertz CT molecular complexity index is 560. The molecule has 0 fully saturated rings. The second-order valence-electron chi connectivity index (χ2n) is 3.32. The van der Waals surface area contributed by atoms with Gasteiger partial charge in [-0.25, -0.2) is 4.98 Å². The third-order valence-electron chi connectivity index (χ3n) is 2.09. The number of aromatic nitrogens is 1. The summed E-state index contributed by atoms with van der Waals surface area (Å²) in [5.41, 5.74) is 7.07. The van der Waals surface area contributed by atoms with Crippen LogP contribution in [0.2, 0.25) is 10.0 Å². The van der Waals surface area contributed by atoms with Crippen LogP contribution in [0.5, 0.6) is 0 Å². The quantitative estimate of drug-likeness (QED) is 0.852. The molecule has 3 nitrogen and oxygen atoms in total. The second kappa shape index (κ2) is 5.12. The normalized spacial score (nSPS) is 10.3. The lowest BCUT2D eigenvalue weighted by Gasteiger charge is -2.10. The van der Waals surface area contributed by atoms with E-state index in [1.807, 2.05) is 12.1 Å². The van der Waals surface area contributed by atoms with Crippen molar-refractivity contribution in [1.29, 1.82) is 0 Å². The summed E-state index contributed by atoms with van der Waals surface area (Å²) in [4.78, 5) is 4.11. The van der Waals surface area contributed by atoms with Crippen LogP contribution >= 0.6 is 39.1 Å². The highest BCUT2D eigenvalue weighted by atomic mass is 79.9. The van der Waals surface area contributed by atoms with Gasteiger partial charge >= 0.3 is 0 Å². The maximum Gasteiger partial charge on any atom is 0.153 e.